The SMILES string of the molecule is C=CC(=O)Nc1cc(Nc2nc(-c3ccnc(N4CCn5c(cc6c5CC(C)(C)C6)C4=O)c3CO)cnc2OC)ccc1N1CCN(C2CCN(c3ccc4c(c3)C(=O)N(c3ccnc(C(C)(C)NP(=O)(O)O)c3)C4=O)[C@@H](C)C2)C[C@@H]1C. The number of piperazine rings is 1. The number of hydrogen-bond acceptors (Lipinski definition) is 15. The molecule has 4 aliphatic heterocycles. The number of carbonyl (C=O) groups excluding carboxylic acids is 4. The van der Waals surface area contributed by atoms with Crippen LogP contribution in [0.3, 0.4) is 0 Å². The van der Waals surface area contributed by atoms with E-state index in [9.17, 15) is 38.6 Å². The Bertz CT molecular complexity index is 3640. The number of benzene rings is 2. The van der Waals surface area contributed by atoms with Crippen molar-refractivity contribution in [3.8, 4) is 17.1 Å². The molecule has 22 nitrogen and oxygen atoms in total. The molecule has 2 saturated heterocycles. The third-order valence-corrected chi connectivity index (χ3v) is 17.4. The Morgan fingerprint density at radius 1 is 0.866 bits per heavy atom. The van der Waals surface area contributed by atoms with E-state index >= 15 is 0 Å². The molecule has 4 aromatic heterocycles. The highest BCUT2D eigenvalue weighted by Gasteiger charge is 2.41. The molecule has 2 fully saturated rings. The Balaban J connectivity index is 0.762. The Labute approximate surface area is 475 Å². The molecule has 1 unspecified atom stereocenters. The first kappa shape index (κ1) is 56.0. The molecule has 6 aromatic rings. The maximum absolute atomic E-state index is 14.1. The summed E-state index contributed by atoms with van der Waals surface area (Å²) in [7, 11) is -3.14. The monoisotopic (exact) mass is 1130 g/mol. The van der Waals surface area contributed by atoms with Crippen molar-refractivity contribution in [1.29, 1.82) is 0 Å². The molecule has 11 rings (SSSR count). The van der Waals surface area contributed by atoms with Crippen molar-refractivity contribution in [3.05, 3.63) is 131 Å². The fourth-order valence-corrected chi connectivity index (χ4v) is 13.6. The first-order valence-electron chi connectivity index (χ1n) is 27.5. The maximum atomic E-state index is 14.1. The lowest BCUT2D eigenvalue weighted by atomic mass is 9.90. The van der Waals surface area contributed by atoms with Crippen molar-refractivity contribution in [2.75, 3.05) is 70.1 Å². The summed E-state index contributed by atoms with van der Waals surface area (Å²) in [6.07, 6.45) is 9.37. The summed E-state index contributed by atoms with van der Waals surface area (Å²) >= 11 is 0. The summed E-state index contributed by atoms with van der Waals surface area (Å²) in [5.41, 5.74) is 7.24. The second kappa shape index (κ2) is 21.5. The number of nitrogens with zero attached hydrogens (tertiary/aromatic N) is 10. The number of aliphatic hydroxyl groups is 1. The quantitative estimate of drug-likeness (QED) is 0.0338. The van der Waals surface area contributed by atoms with Crippen LogP contribution in [-0.4, -0.2) is 126 Å². The predicted octanol–water partition coefficient (Wildman–Crippen LogP) is 7.18. The smallest absolute Gasteiger partial charge is 0.401 e. The summed E-state index contributed by atoms with van der Waals surface area (Å²) in [5, 5.41) is 19.5. The second-order valence-electron chi connectivity index (χ2n) is 23.2. The Hall–Kier alpha value is -7.85. The van der Waals surface area contributed by atoms with Crippen LogP contribution in [0.1, 0.15) is 108 Å². The second-order valence-corrected chi connectivity index (χ2v) is 24.5. The van der Waals surface area contributed by atoms with E-state index in [1.165, 1.54) is 42.8 Å². The van der Waals surface area contributed by atoms with E-state index < -0.39 is 31.7 Å². The number of nitrogens with one attached hydrogen (secondary N) is 3. The van der Waals surface area contributed by atoms with Gasteiger partial charge < -0.3 is 44.6 Å². The van der Waals surface area contributed by atoms with Crippen LogP contribution in [0.4, 0.5) is 40.1 Å². The highest BCUT2D eigenvalue weighted by atomic mass is 31.2. The molecule has 4 amide bonds. The molecule has 3 atom stereocenters. The first-order valence-corrected chi connectivity index (χ1v) is 29.2. The molecule has 428 valence electrons. The van der Waals surface area contributed by atoms with Crippen molar-refractivity contribution in [3.63, 3.8) is 0 Å². The molecule has 8 heterocycles. The van der Waals surface area contributed by atoms with Gasteiger partial charge in [0.15, 0.2) is 5.82 Å². The summed E-state index contributed by atoms with van der Waals surface area (Å²) in [6, 6.07) is 18.3. The summed E-state index contributed by atoms with van der Waals surface area (Å²) < 4.78 is 19.6. The molecular formula is C59H68N13O9P. The van der Waals surface area contributed by atoms with E-state index in [1.54, 1.807) is 49.3 Å². The van der Waals surface area contributed by atoms with Crippen LogP contribution in [0.25, 0.3) is 11.3 Å². The van der Waals surface area contributed by atoms with Crippen molar-refractivity contribution in [1.82, 2.24) is 34.5 Å². The van der Waals surface area contributed by atoms with E-state index in [1.807, 2.05) is 30.3 Å². The van der Waals surface area contributed by atoms with E-state index in [2.05, 4.69) is 84.2 Å². The number of fused-ring (bicyclic) bond motifs is 4. The van der Waals surface area contributed by atoms with Crippen molar-refractivity contribution >= 4 is 71.4 Å². The highest BCUT2D eigenvalue weighted by molar-refractivity contribution is 7.49. The normalized spacial score (nSPS) is 20.0. The van der Waals surface area contributed by atoms with Crippen molar-refractivity contribution in [2.24, 2.45) is 5.41 Å². The standard InChI is InChI=1S/C59H68N13O9P/c1-9-51(74)64-45-26-37(63-52-54(81-8)62-31-46(65-52)41-15-18-61-53(44(41)33-73)71-23-22-70-48(57(71)77)25-36-29-58(4,5)30-49(36)70)10-13-47(45)69-21-20-67(32-35(69)3)38-16-19-68(34(2)24-38)39-11-12-42-43(27-39)56(76)72(55(42)75)40-14-17-60-50(28-40)59(6,7)66-82(78,79)80/h9-15,17-18,25-28,31,34-35,38,73H,1,16,19-24,29-30,32-33H2,2-8H3,(H,63,65)(H,64,74)(H3,66,78,79,80)/t34-,35-,38?/m0/s1. The van der Waals surface area contributed by atoms with Gasteiger partial charge in [-0.2, -0.15) is 0 Å². The van der Waals surface area contributed by atoms with Gasteiger partial charge in [-0.1, -0.05) is 20.4 Å². The zero-order valence-electron chi connectivity index (χ0n) is 47.0. The van der Waals surface area contributed by atoms with Gasteiger partial charge in [-0.15, -0.1) is 0 Å². The van der Waals surface area contributed by atoms with Crippen LogP contribution in [0.2, 0.25) is 0 Å². The molecule has 0 saturated carbocycles. The number of aliphatic hydroxyl groups excluding tert-OH is 1. The van der Waals surface area contributed by atoms with E-state index in [-0.39, 0.29) is 69.6 Å². The molecule has 5 aliphatic rings. The van der Waals surface area contributed by atoms with E-state index in [0.717, 1.165) is 61.6 Å². The van der Waals surface area contributed by atoms with Crippen LogP contribution < -0.4 is 40.1 Å². The summed E-state index contributed by atoms with van der Waals surface area (Å²) in [6.45, 7) is 19.2. The number of hydrogen-bond donors (Lipinski definition) is 6. The molecular weight excluding hydrogens is 1070 g/mol. The lowest BCUT2D eigenvalue weighted by Crippen LogP contribution is -2.58. The fourth-order valence-electron chi connectivity index (χ4n) is 12.7. The molecule has 82 heavy (non-hydrogen) atoms. The zero-order valence-corrected chi connectivity index (χ0v) is 47.9. The number of piperidine rings is 1. The number of rotatable bonds is 15. The number of imide groups is 1. The van der Waals surface area contributed by atoms with Crippen molar-refractivity contribution in [2.45, 2.75) is 104 Å². The molecule has 2 aromatic carbocycles. The number of ether oxygens (including phenoxy) is 1. The van der Waals surface area contributed by atoms with Crippen LogP contribution in [-0.2, 0) is 40.9 Å². The molecule has 0 bridgehead atoms. The van der Waals surface area contributed by atoms with Gasteiger partial charge in [0.2, 0.25) is 5.91 Å². The minimum absolute atomic E-state index is 0.0564. The summed E-state index contributed by atoms with van der Waals surface area (Å²) in [4.78, 5) is 102. The van der Waals surface area contributed by atoms with Gasteiger partial charge in [-0.25, -0.2) is 29.5 Å². The van der Waals surface area contributed by atoms with Crippen LogP contribution >= 0.6 is 7.75 Å². The molecule has 1 aliphatic carbocycles. The highest BCUT2D eigenvalue weighted by Crippen LogP contribution is 2.43. The number of amides is 4. The molecule has 23 heteroatoms. The number of anilines is 7. The lowest BCUT2D eigenvalue weighted by Gasteiger charge is -2.48. The lowest BCUT2D eigenvalue weighted by molar-refractivity contribution is -0.111. The first-order chi connectivity index (χ1) is 39.0. The number of carbonyl (C=O) groups is 4. The van der Waals surface area contributed by atoms with Gasteiger partial charge in [-0.05, 0) is 131 Å². The van der Waals surface area contributed by atoms with Gasteiger partial charge in [0.25, 0.3) is 23.6 Å². The molecule has 6 N–H and O–H groups in total. The third kappa shape index (κ3) is 10.5. The number of aromatic nitrogens is 5. The Morgan fingerprint density at radius 3 is 2.38 bits per heavy atom. The van der Waals surface area contributed by atoms with Gasteiger partial charge in [-0.3, -0.25) is 34.0 Å². The number of pyridine rings is 2. The average molecular weight is 1130 g/mol. The average Bonchev–Trinajstić information content (AvgIpc) is 2.69. The van der Waals surface area contributed by atoms with Gasteiger partial charge in [0.1, 0.15) is 11.5 Å². The minimum Gasteiger partial charge on any atom is -0.478 e. The van der Waals surface area contributed by atoms with E-state index in [4.69, 9.17) is 9.72 Å². The number of methoxy groups -OCH3 is 1. The molecule has 0 radical (unpaired) electrons. The van der Waals surface area contributed by atoms with Crippen LogP contribution in [0.5, 0.6) is 5.88 Å². The Morgan fingerprint density at radius 2 is 1.65 bits per heavy atom. The third-order valence-electron chi connectivity index (χ3n) is 16.6. The van der Waals surface area contributed by atoms with Gasteiger partial charge in [0, 0.05) is 98.0 Å². The van der Waals surface area contributed by atoms with Gasteiger partial charge >= 0.3 is 7.75 Å². The van der Waals surface area contributed by atoms with Gasteiger partial charge in [0.05, 0.1) is 65.0 Å². The molecule has 0 spiro atoms. The topological polar surface area (TPSA) is 264 Å². The van der Waals surface area contributed by atoms with Crippen LogP contribution in [0, 0.1) is 5.41 Å². The van der Waals surface area contributed by atoms with Crippen molar-refractivity contribution < 1.29 is 43.4 Å². The fraction of sp³-hybridized carbons (Fsp3) is 0.390. The predicted molar refractivity (Wildman–Crippen MR) is 312 cm³/mol. The maximum Gasteiger partial charge on any atom is 0.401 e. The zero-order chi connectivity index (χ0) is 58.2. The minimum atomic E-state index is -4.64. The summed E-state index contributed by atoms with van der Waals surface area (Å²) in [5.74, 6) is -0.654. The largest absolute Gasteiger partial charge is 0.478 e. The Kier molecular flexibility index (Phi) is 14.7. The van der Waals surface area contributed by atoms with Crippen LogP contribution in [0.15, 0.2) is 91.9 Å². The van der Waals surface area contributed by atoms with E-state index in [0.29, 0.717) is 59.3 Å².